The monoisotopic (exact) mass is 504 g/mol. The normalized spacial score (nSPS) is 26.8. The molecular formula is C23H33BrN6O2. The van der Waals surface area contributed by atoms with E-state index >= 15 is 0 Å². The Morgan fingerprint density at radius 1 is 1.19 bits per heavy atom. The summed E-state index contributed by atoms with van der Waals surface area (Å²) in [6.07, 6.45) is 4.48. The third-order valence-corrected chi connectivity index (χ3v) is 6.87. The van der Waals surface area contributed by atoms with Crippen molar-refractivity contribution >= 4 is 38.8 Å². The van der Waals surface area contributed by atoms with Crippen molar-refractivity contribution in [3.63, 3.8) is 0 Å². The molecule has 1 aromatic carbocycles. The van der Waals surface area contributed by atoms with E-state index in [1.807, 2.05) is 18.2 Å². The molecule has 3 N–H and O–H groups in total. The molecule has 9 heteroatoms. The summed E-state index contributed by atoms with van der Waals surface area (Å²) in [5, 5.41) is 3.10. The summed E-state index contributed by atoms with van der Waals surface area (Å²) >= 11 is 3.33. The number of ether oxygens (including phenoxy) is 1. The van der Waals surface area contributed by atoms with Crippen LogP contribution in [0.15, 0.2) is 33.8 Å². The largest absolute Gasteiger partial charge is 0.397 e. The van der Waals surface area contributed by atoms with Gasteiger partial charge in [-0.3, -0.25) is 9.69 Å². The highest BCUT2D eigenvalue weighted by Gasteiger charge is 2.33. The predicted octanol–water partition coefficient (Wildman–Crippen LogP) is 3.34. The van der Waals surface area contributed by atoms with E-state index in [-0.39, 0.29) is 11.4 Å². The number of hydrogen-bond acceptors (Lipinski definition) is 7. The van der Waals surface area contributed by atoms with Gasteiger partial charge in [0.1, 0.15) is 4.60 Å². The van der Waals surface area contributed by atoms with Crippen LogP contribution in [-0.4, -0.2) is 58.4 Å². The van der Waals surface area contributed by atoms with E-state index in [4.69, 9.17) is 10.5 Å². The van der Waals surface area contributed by atoms with Crippen LogP contribution in [0.3, 0.4) is 0 Å². The van der Waals surface area contributed by atoms with Crippen molar-refractivity contribution in [3.8, 4) is 0 Å². The predicted molar refractivity (Wildman–Crippen MR) is 133 cm³/mol. The Bertz CT molecular complexity index is 1020. The highest BCUT2D eigenvalue weighted by Crippen LogP contribution is 2.32. The number of piperazine rings is 1. The van der Waals surface area contributed by atoms with Gasteiger partial charge in [-0.05, 0) is 67.7 Å². The zero-order valence-electron chi connectivity index (χ0n) is 19.2. The van der Waals surface area contributed by atoms with Gasteiger partial charge in [-0.15, -0.1) is 0 Å². The van der Waals surface area contributed by atoms with E-state index in [0.29, 0.717) is 34.6 Å². The summed E-state index contributed by atoms with van der Waals surface area (Å²) in [6.45, 7) is 9.59. The second kappa shape index (κ2) is 9.41. The smallest absolute Gasteiger partial charge is 0.293 e. The fourth-order valence-corrected chi connectivity index (χ4v) is 5.51. The zero-order chi connectivity index (χ0) is 23.0. The van der Waals surface area contributed by atoms with Gasteiger partial charge in [0, 0.05) is 50.6 Å². The van der Waals surface area contributed by atoms with Gasteiger partial charge in [-0.25, -0.2) is 4.98 Å². The molecule has 4 rings (SSSR count). The van der Waals surface area contributed by atoms with Gasteiger partial charge in [-0.1, -0.05) is 0 Å². The Labute approximate surface area is 197 Å². The Balaban J connectivity index is 1.45. The molecule has 0 unspecified atom stereocenters. The SMILES string of the molecule is C[C@@H]1C[C@@H](N2CCN(c3ccc(Nc4nc(Br)cn(C)c4=O)cc3N)[C@@H](C)C2)C[C@H](C)O1. The molecule has 2 fully saturated rings. The lowest BCUT2D eigenvalue weighted by Gasteiger charge is -2.47. The van der Waals surface area contributed by atoms with Crippen molar-refractivity contribution < 1.29 is 4.74 Å². The highest BCUT2D eigenvalue weighted by atomic mass is 79.9. The maximum Gasteiger partial charge on any atom is 0.293 e. The molecule has 8 nitrogen and oxygen atoms in total. The van der Waals surface area contributed by atoms with E-state index in [0.717, 1.165) is 43.9 Å². The molecule has 2 saturated heterocycles. The first-order valence-corrected chi connectivity index (χ1v) is 12.1. The van der Waals surface area contributed by atoms with Crippen LogP contribution >= 0.6 is 15.9 Å². The average molecular weight is 505 g/mol. The maximum atomic E-state index is 12.3. The van der Waals surface area contributed by atoms with Crippen molar-refractivity contribution in [2.45, 2.75) is 57.9 Å². The van der Waals surface area contributed by atoms with Gasteiger partial charge in [-0.2, -0.15) is 0 Å². The number of nitrogens with two attached hydrogens (primary N) is 1. The lowest BCUT2D eigenvalue weighted by Crippen LogP contribution is -2.57. The van der Waals surface area contributed by atoms with Crippen LogP contribution in [0.2, 0.25) is 0 Å². The van der Waals surface area contributed by atoms with Crippen molar-refractivity contribution in [2.24, 2.45) is 7.05 Å². The molecular weight excluding hydrogens is 472 g/mol. The Morgan fingerprint density at radius 2 is 1.91 bits per heavy atom. The van der Waals surface area contributed by atoms with Crippen molar-refractivity contribution in [1.82, 2.24) is 14.5 Å². The molecule has 0 amide bonds. The van der Waals surface area contributed by atoms with E-state index in [9.17, 15) is 4.79 Å². The van der Waals surface area contributed by atoms with E-state index in [2.05, 4.69) is 56.8 Å². The number of anilines is 4. The van der Waals surface area contributed by atoms with Crippen molar-refractivity contribution in [1.29, 1.82) is 0 Å². The number of nitrogens with zero attached hydrogens (tertiary/aromatic N) is 4. The minimum Gasteiger partial charge on any atom is -0.397 e. The van der Waals surface area contributed by atoms with Gasteiger partial charge >= 0.3 is 0 Å². The first kappa shape index (κ1) is 23.1. The van der Waals surface area contributed by atoms with Crippen LogP contribution in [0.1, 0.15) is 33.6 Å². The first-order chi connectivity index (χ1) is 15.2. The molecule has 174 valence electrons. The van der Waals surface area contributed by atoms with Gasteiger partial charge in [0.2, 0.25) is 0 Å². The molecule has 32 heavy (non-hydrogen) atoms. The molecule has 2 aromatic rings. The second-order valence-corrected chi connectivity index (χ2v) is 9.96. The quantitative estimate of drug-likeness (QED) is 0.617. The third kappa shape index (κ3) is 4.94. The topological polar surface area (TPSA) is 88.7 Å². The van der Waals surface area contributed by atoms with Crippen LogP contribution in [0, 0.1) is 0 Å². The molecule has 0 bridgehead atoms. The third-order valence-electron chi connectivity index (χ3n) is 6.49. The number of halogens is 1. The molecule has 0 radical (unpaired) electrons. The van der Waals surface area contributed by atoms with Gasteiger partial charge in [0.25, 0.3) is 5.56 Å². The summed E-state index contributed by atoms with van der Waals surface area (Å²) in [5.41, 5.74) is 8.72. The second-order valence-electron chi connectivity index (χ2n) is 9.15. The Hall–Kier alpha value is -2.10. The summed E-state index contributed by atoms with van der Waals surface area (Å²) in [5.74, 6) is 0.260. The van der Waals surface area contributed by atoms with E-state index in [1.165, 1.54) is 4.57 Å². The molecule has 0 spiro atoms. The molecule has 0 saturated carbocycles. The molecule has 0 aliphatic carbocycles. The van der Waals surface area contributed by atoms with Gasteiger partial charge in [0.15, 0.2) is 5.82 Å². The summed E-state index contributed by atoms with van der Waals surface area (Å²) in [4.78, 5) is 21.6. The Morgan fingerprint density at radius 3 is 2.56 bits per heavy atom. The highest BCUT2D eigenvalue weighted by molar-refractivity contribution is 9.10. The fourth-order valence-electron chi connectivity index (χ4n) is 5.02. The summed E-state index contributed by atoms with van der Waals surface area (Å²) in [7, 11) is 1.69. The number of benzene rings is 1. The van der Waals surface area contributed by atoms with Crippen molar-refractivity contribution in [3.05, 3.63) is 39.4 Å². The van der Waals surface area contributed by atoms with Crippen LogP contribution < -0.4 is 21.5 Å². The molecule has 4 atom stereocenters. The number of nitrogens with one attached hydrogen (secondary N) is 1. The molecule has 1 aromatic heterocycles. The lowest BCUT2D eigenvalue weighted by atomic mass is 9.96. The maximum absolute atomic E-state index is 12.3. The van der Waals surface area contributed by atoms with Crippen LogP contribution in [-0.2, 0) is 11.8 Å². The average Bonchev–Trinajstić information content (AvgIpc) is 2.71. The van der Waals surface area contributed by atoms with Crippen LogP contribution in [0.25, 0.3) is 0 Å². The Kier molecular flexibility index (Phi) is 6.78. The fraction of sp³-hybridized carbons (Fsp3) is 0.565. The van der Waals surface area contributed by atoms with Gasteiger partial charge in [0.05, 0.1) is 23.6 Å². The number of nitrogen functional groups attached to an aromatic ring is 1. The van der Waals surface area contributed by atoms with Crippen molar-refractivity contribution in [2.75, 3.05) is 35.6 Å². The number of aryl methyl sites for hydroxylation is 1. The first-order valence-electron chi connectivity index (χ1n) is 11.3. The lowest BCUT2D eigenvalue weighted by molar-refractivity contribution is -0.0673. The van der Waals surface area contributed by atoms with E-state index in [1.54, 1.807) is 13.2 Å². The van der Waals surface area contributed by atoms with Gasteiger partial charge < -0.3 is 25.3 Å². The molecule has 2 aliphatic heterocycles. The molecule has 3 heterocycles. The zero-order valence-corrected chi connectivity index (χ0v) is 20.8. The summed E-state index contributed by atoms with van der Waals surface area (Å²) in [6, 6.07) is 6.80. The van der Waals surface area contributed by atoms with Crippen LogP contribution in [0.4, 0.5) is 22.9 Å². The number of hydrogen-bond donors (Lipinski definition) is 2. The van der Waals surface area contributed by atoms with E-state index < -0.39 is 0 Å². The minimum atomic E-state index is -0.197. The standard InChI is InChI=1S/C23H33BrN6O2/c1-14-12-29(18-9-15(2)32-16(3)10-18)7-8-30(14)20-6-5-17(11-19(20)25)26-22-23(31)28(4)13-21(24)27-22/h5-6,11,13-16,18H,7-10,12,25H2,1-4H3,(H,26,27)/t14-,15-,16+,18-/m0/s1. The minimum absolute atomic E-state index is 0.197. The summed E-state index contributed by atoms with van der Waals surface area (Å²) < 4.78 is 8.00. The van der Waals surface area contributed by atoms with Crippen LogP contribution in [0.5, 0.6) is 0 Å². The number of rotatable bonds is 4. The molecule has 2 aliphatic rings. The number of aromatic nitrogens is 2.